The fourth-order valence-electron chi connectivity index (χ4n) is 5.43. The van der Waals surface area contributed by atoms with E-state index in [-0.39, 0.29) is 29.3 Å². The molecule has 1 aliphatic heterocycles. The minimum atomic E-state index is -1.53. The van der Waals surface area contributed by atoms with E-state index in [0.29, 0.717) is 24.2 Å². The molecule has 5 nitrogen and oxygen atoms in total. The first-order valence-corrected chi connectivity index (χ1v) is 11.9. The minimum absolute atomic E-state index is 0.122. The van der Waals surface area contributed by atoms with E-state index in [9.17, 15) is 15.0 Å². The van der Waals surface area contributed by atoms with Gasteiger partial charge in [0, 0.05) is 12.6 Å². The van der Waals surface area contributed by atoms with Crippen molar-refractivity contribution in [1.82, 2.24) is 4.90 Å². The molecule has 0 unspecified atom stereocenters. The molecular formula is C25H49NO4. The first-order valence-electron chi connectivity index (χ1n) is 11.9. The molecule has 5 heteroatoms. The van der Waals surface area contributed by atoms with E-state index in [1.807, 2.05) is 27.8 Å². The fourth-order valence-corrected chi connectivity index (χ4v) is 5.43. The van der Waals surface area contributed by atoms with Gasteiger partial charge < -0.3 is 19.8 Å². The van der Waals surface area contributed by atoms with Gasteiger partial charge in [-0.3, -0.25) is 4.79 Å². The lowest BCUT2D eigenvalue weighted by Gasteiger charge is -2.42. The van der Waals surface area contributed by atoms with Crippen molar-refractivity contribution in [2.75, 3.05) is 13.6 Å². The summed E-state index contributed by atoms with van der Waals surface area (Å²) in [6.07, 6.45) is -0.276. The molecule has 0 aromatic rings. The van der Waals surface area contributed by atoms with Crippen molar-refractivity contribution in [3.8, 4) is 0 Å². The van der Waals surface area contributed by atoms with Gasteiger partial charge in [0.05, 0.1) is 5.92 Å². The van der Waals surface area contributed by atoms with Gasteiger partial charge >= 0.3 is 5.97 Å². The zero-order valence-corrected chi connectivity index (χ0v) is 21.4. The molecule has 1 rings (SSSR count). The fraction of sp³-hybridized carbons (Fsp3) is 0.960. The maximum Gasteiger partial charge on any atom is 0.309 e. The topological polar surface area (TPSA) is 70.0 Å². The van der Waals surface area contributed by atoms with Gasteiger partial charge in [-0.25, -0.2) is 0 Å². The Hall–Kier alpha value is -0.650. The third-order valence-electron chi connectivity index (χ3n) is 8.52. The van der Waals surface area contributed by atoms with Gasteiger partial charge in [-0.1, -0.05) is 55.4 Å². The Balaban J connectivity index is 3.36. The number of esters is 1. The Kier molecular flexibility index (Phi) is 9.41. The normalized spacial score (nSPS) is 45.3. The number of rotatable bonds is 1. The maximum atomic E-state index is 13.0. The Morgan fingerprint density at radius 1 is 1.07 bits per heavy atom. The second-order valence-corrected chi connectivity index (χ2v) is 11.3. The van der Waals surface area contributed by atoms with Crippen molar-refractivity contribution in [2.45, 2.75) is 106 Å². The SMILES string of the molecule is CC[C@H]1OC(=O)[C@H](C)[C@@H](C)[C@H](C)[C@@H](C)C(C)(C)C[C@@H](C)CN(C)[C@H](C)[C@@H](O)[C@]1(C)O. The van der Waals surface area contributed by atoms with Crippen LogP contribution in [-0.4, -0.2) is 58.5 Å². The summed E-state index contributed by atoms with van der Waals surface area (Å²) in [4.78, 5) is 15.1. The summed E-state index contributed by atoms with van der Waals surface area (Å²) in [5.41, 5.74) is -1.40. The molecule has 9 atom stereocenters. The third kappa shape index (κ3) is 5.98. The molecule has 1 heterocycles. The number of likely N-dealkylation sites (N-methyl/N-ethyl adjacent to an activating group) is 1. The summed E-state index contributed by atoms with van der Waals surface area (Å²) >= 11 is 0. The number of aliphatic hydroxyl groups is 2. The predicted octanol–water partition coefficient (Wildman–Crippen LogP) is 4.35. The highest BCUT2D eigenvalue weighted by atomic mass is 16.6. The van der Waals surface area contributed by atoms with Crippen LogP contribution in [-0.2, 0) is 9.53 Å². The van der Waals surface area contributed by atoms with Crippen molar-refractivity contribution < 1.29 is 19.7 Å². The average Bonchev–Trinajstić information content (AvgIpc) is 2.66. The van der Waals surface area contributed by atoms with E-state index in [1.165, 1.54) is 0 Å². The highest BCUT2D eigenvalue weighted by Crippen LogP contribution is 2.42. The molecule has 30 heavy (non-hydrogen) atoms. The van der Waals surface area contributed by atoms with Crippen LogP contribution in [0.4, 0.5) is 0 Å². The van der Waals surface area contributed by atoms with E-state index in [1.54, 1.807) is 6.92 Å². The molecule has 0 radical (unpaired) electrons. The summed E-state index contributed by atoms with van der Waals surface area (Å²) in [5, 5.41) is 22.3. The highest BCUT2D eigenvalue weighted by molar-refractivity contribution is 5.72. The van der Waals surface area contributed by atoms with Crippen LogP contribution in [0.2, 0.25) is 0 Å². The van der Waals surface area contributed by atoms with Crippen molar-refractivity contribution in [1.29, 1.82) is 0 Å². The second kappa shape index (κ2) is 10.3. The zero-order valence-electron chi connectivity index (χ0n) is 21.4. The Labute approximate surface area is 185 Å². The summed E-state index contributed by atoms with van der Waals surface area (Å²) in [5.74, 6) is 0.820. The van der Waals surface area contributed by atoms with Gasteiger partial charge in [0.2, 0.25) is 0 Å². The number of hydrogen-bond acceptors (Lipinski definition) is 5. The largest absolute Gasteiger partial charge is 0.459 e. The van der Waals surface area contributed by atoms with Crippen molar-refractivity contribution in [3.05, 3.63) is 0 Å². The molecule has 0 aromatic carbocycles. The van der Waals surface area contributed by atoms with E-state index in [4.69, 9.17) is 4.74 Å². The van der Waals surface area contributed by atoms with Gasteiger partial charge in [-0.15, -0.1) is 0 Å². The minimum Gasteiger partial charge on any atom is -0.459 e. The number of hydrogen-bond donors (Lipinski definition) is 2. The highest BCUT2D eigenvalue weighted by Gasteiger charge is 2.45. The molecule has 0 bridgehead atoms. The van der Waals surface area contributed by atoms with E-state index in [2.05, 4.69) is 46.4 Å². The lowest BCUT2D eigenvalue weighted by atomic mass is 9.65. The second-order valence-electron chi connectivity index (χ2n) is 11.3. The smallest absolute Gasteiger partial charge is 0.309 e. The van der Waals surface area contributed by atoms with Crippen LogP contribution in [0, 0.1) is 35.0 Å². The maximum absolute atomic E-state index is 13.0. The molecule has 0 saturated carbocycles. The number of aliphatic hydroxyl groups excluding tert-OH is 1. The molecular weight excluding hydrogens is 378 g/mol. The lowest BCUT2D eigenvalue weighted by molar-refractivity contribution is -0.190. The van der Waals surface area contributed by atoms with Gasteiger partial charge in [0.25, 0.3) is 0 Å². The standard InChI is InChI=1S/C25H49NO4/c1-12-21-25(10,29)22(27)20(7)26(11)14-15(2)13-24(8,9)19(6)17(4)16(3)18(5)23(28)30-21/h15-22,27,29H,12-14H2,1-11H3/t15-,16+,17+,18-,19-,20-,21-,22-,25-/m1/s1. The molecule has 178 valence electrons. The van der Waals surface area contributed by atoms with Gasteiger partial charge in [-0.2, -0.15) is 0 Å². The molecule has 0 amide bonds. The van der Waals surface area contributed by atoms with Crippen molar-refractivity contribution in [3.63, 3.8) is 0 Å². The van der Waals surface area contributed by atoms with Gasteiger partial charge in [0.1, 0.15) is 17.8 Å². The lowest BCUT2D eigenvalue weighted by Crippen LogP contribution is -2.59. The third-order valence-corrected chi connectivity index (χ3v) is 8.52. The van der Waals surface area contributed by atoms with Crippen LogP contribution in [0.3, 0.4) is 0 Å². The monoisotopic (exact) mass is 427 g/mol. The van der Waals surface area contributed by atoms with Crippen LogP contribution in [0.1, 0.15) is 82.1 Å². The van der Waals surface area contributed by atoms with Crippen molar-refractivity contribution >= 4 is 5.97 Å². The molecule has 2 N–H and O–H groups in total. The summed E-state index contributed by atoms with van der Waals surface area (Å²) < 4.78 is 5.82. The quantitative estimate of drug-likeness (QED) is 0.609. The Morgan fingerprint density at radius 3 is 2.10 bits per heavy atom. The van der Waals surface area contributed by atoms with Crippen LogP contribution in [0.15, 0.2) is 0 Å². The first-order chi connectivity index (χ1) is 13.6. The number of nitrogens with zero attached hydrogens (tertiary/aromatic N) is 1. The Bertz CT molecular complexity index is 561. The van der Waals surface area contributed by atoms with Crippen LogP contribution in [0.25, 0.3) is 0 Å². The van der Waals surface area contributed by atoms with Crippen LogP contribution >= 0.6 is 0 Å². The molecule has 0 aromatic heterocycles. The summed E-state index contributed by atoms with van der Waals surface area (Å²) in [6, 6.07) is -0.267. The number of ether oxygens (including phenoxy) is 1. The predicted molar refractivity (Wildman–Crippen MR) is 123 cm³/mol. The van der Waals surface area contributed by atoms with Crippen molar-refractivity contribution in [2.24, 2.45) is 35.0 Å². The van der Waals surface area contributed by atoms with Gasteiger partial charge in [-0.05, 0) is 62.8 Å². The summed E-state index contributed by atoms with van der Waals surface area (Å²) in [7, 11) is 1.99. The average molecular weight is 428 g/mol. The molecule has 1 saturated heterocycles. The molecule has 0 aliphatic carbocycles. The van der Waals surface area contributed by atoms with Crippen LogP contribution < -0.4 is 0 Å². The van der Waals surface area contributed by atoms with E-state index < -0.39 is 17.8 Å². The van der Waals surface area contributed by atoms with Crippen LogP contribution in [0.5, 0.6) is 0 Å². The van der Waals surface area contributed by atoms with E-state index in [0.717, 1.165) is 13.0 Å². The van der Waals surface area contributed by atoms with Gasteiger partial charge in [0.15, 0.2) is 0 Å². The molecule has 1 fully saturated rings. The molecule has 1 aliphatic rings. The number of cyclic esters (lactones) is 1. The summed E-state index contributed by atoms with van der Waals surface area (Å²) in [6.45, 7) is 21.8. The number of carbonyl (C=O) groups excluding carboxylic acids is 1. The first kappa shape index (κ1) is 27.4. The molecule has 0 spiro atoms. The van der Waals surface area contributed by atoms with E-state index >= 15 is 0 Å². The number of carbonyl (C=O) groups is 1. The Morgan fingerprint density at radius 2 is 1.60 bits per heavy atom. The zero-order chi connectivity index (χ0) is 23.6.